The fourth-order valence-electron chi connectivity index (χ4n) is 11.3. The second kappa shape index (κ2) is 11.9. The summed E-state index contributed by atoms with van der Waals surface area (Å²) in [7, 11) is 0. The number of hydrogen-bond acceptors (Lipinski definition) is 4. The van der Waals surface area contributed by atoms with Crippen molar-refractivity contribution in [2.75, 3.05) is 9.71 Å². The largest absolute Gasteiger partial charge is 0.456 e. The van der Waals surface area contributed by atoms with Gasteiger partial charge in [0.15, 0.2) is 0 Å². The lowest BCUT2D eigenvalue weighted by atomic mass is 9.32. The van der Waals surface area contributed by atoms with Crippen LogP contribution >= 0.6 is 11.3 Å². The third kappa shape index (κ3) is 4.79. The van der Waals surface area contributed by atoms with E-state index < -0.39 is 0 Å². The number of furan rings is 1. The molecule has 0 radical (unpaired) electrons. The first-order valence-electron chi connectivity index (χ1n) is 22.3. The molecule has 0 saturated carbocycles. The van der Waals surface area contributed by atoms with Gasteiger partial charge in [0.1, 0.15) is 11.2 Å². The average molecular weight is 819 g/mol. The van der Waals surface area contributed by atoms with Crippen LogP contribution in [0, 0.1) is 0 Å². The molecule has 2 aromatic heterocycles. The Morgan fingerprint density at radius 1 is 0.484 bits per heavy atom. The first-order chi connectivity index (χ1) is 29.6. The lowest BCUT2D eigenvalue weighted by Gasteiger charge is -2.51. The minimum absolute atomic E-state index is 0.00156. The third-order valence-corrected chi connectivity index (χ3v) is 15.7. The first-order valence-corrected chi connectivity index (χ1v) is 23.1. The fourth-order valence-corrected chi connectivity index (χ4v) is 12.6. The normalized spacial score (nSPS) is 14.7. The summed E-state index contributed by atoms with van der Waals surface area (Å²) in [6.45, 7) is 21.3. The molecule has 0 N–H and O–H groups in total. The minimum Gasteiger partial charge on any atom is -0.456 e. The van der Waals surface area contributed by atoms with Gasteiger partial charge in [-0.3, -0.25) is 0 Å². The molecule has 4 aliphatic heterocycles. The van der Waals surface area contributed by atoms with Gasteiger partial charge in [0.2, 0.25) is 0 Å². The Bertz CT molecular complexity index is 3460. The van der Waals surface area contributed by atoms with Crippen LogP contribution in [0.4, 0.5) is 28.4 Å². The Labute approximate surface area is 369 Å². The summed E-state index contributed by atoms with van der Waals surface area (Å²) in [5.74, 6) is 0. The zero-order valence-corrected chi connectivity index (χ0v) is 37.8. The summed E-state index contributed by atoms with van der Waals surface area (Å²) < 4.78 is 9.32. The van der Waals surface area contributed by atoms with E-state index in [4.69, 9.17) is 4.42 Å². The van der Waals surface area contributed by atoms with Crippen molar-refractivity contribution in [1.82, 2.24) is 0 Å². The predicted octanol–water partition coefficient (Wildman–Crippen LogP) is 12.2. The van der Waals surface area contributed by atoms with Crippen molar-refractivity contribution in [3.63, 3.8) is 0 Å². The highest BCUT2D eigenvalue weighted by Crippen LogP contribution is 2.53. The van der Waals surface area contributed by atoms with Crippen LogP contribution in [0.25, 0.3) is 54.3 Å². The molecule has 7 aromatic carbocycles. The molecule has 0 aliphatic carbocycles. The number of anilines is 5. The molecule has 9 aromatic rings. The lowest BCUT2D eigenvalue weighted by Crippen LogP contribution is -2.69. The van der Waals surface area contributed by atoms with Gasteiger partial charge in [-0.15, -0.1) is 11.3 Å². The molecule has 0 fully saturated rings. The first kappa shape index (κ1) is 36.7. The Morgan fingerprint density at radius 3 is 1.81 bits per heavy atom. The van der Waals surface area contributed by atoms with Gasteiger partial charge in [0.05, 0.1) is 5.69 Å². The van der Waals surface area contributed by atoms with Gasteiger partial charge in [-0.05, 0) is 102 Å². The van der Waals surface area contributed by atoms with Gasteiger partial charge in [-0.25, -0.2) is 0 Å². The molecule has 3 nitrogen and oxygen atoms in total. The van der Waals surface area contributed by atoms with E-state index in [9.17, 15) is 0 Å². The molecule has 300 valence electrons. The molecule has 0 amide bonds. The SMILES string of the molecule is CC(C)(C)c1ccc2c(c1)B1c3cc(C(C)(C)C)ccc3-c3ccc4c5c3N1c1c(cc(C(C)(C)C)cc1-2)B5c1sc2ccccc2c1N4c1ccc2c(c1)oc1ccccc12. The van der Waals surface area contributed by atoms with Crippen molar-refractivity contribution in [2.45, 2.75) is 78.6 Å². The summed E-state index contributed by atoms with van der Waals surface area (Å²) in [5.41, 5.74) is 23.3. The molecule has 0 unspecified atom stereocenters. The summed E-state index contributed by atoms with van der Waals surface area (Å²) in [6.07, 6.45) is 0. The number of thiophene rings is 1. The van der Waals surface area contributed by atoms with Gasteiger partial charge < -0.3 is 14.1 Å². The number of hydrogen-bond donors (Lipinski definition) is 0. The van der Waals surface area contributed by atoms with Crippen LogP contribution in [0.5, 0.6) is 0 Å². The van der Waals surface area contributed by atoms with E-state index >= 15 is 0 Å². The van der Waals surface area contributed by atoms with E-state index in [1.54, 1.807) is 0 Å². The number of nitrogens with zero attached hydrogens (tertiary/aromatic N) is 2. The highest BCUT2D eigenvalue weighted by molar-refractivity contribution is 7.34. The molecule has 0 bridgehead atoms. The van der Waals surface area contributed by atoms with Crippen molar-refractivity contribution in [1.29, 1.82) is 0 Å². The number of benzene rings is 7. The molecule has 0 atom stereocenters. The molecule has 62 heavy (non-hydrogen) atoms. The maximum absolute atomic E-state index is 6.60. The molecule has 13 rings (SSSR count). The van der Waals surface area contributed by atoms with Crippen molar-refractivity contribution in [2.24, 2.45) is 0 Å². The zero-order valence-electron chi connectivity index (χ0n) is 37.0. The third-order valence-electron chi connectivity index (χ3n) is 14.5. The van der Waals surface area contributed by atoms with E-state index in [1.807, 2.05) is 11.3 Å². The maximum atomic E-state index is 6.60. The monoisotopic (exact) mass is 818 g/mol. The highest BCUT2D eigenvalue weighted by atomic mass is 32.1. The Morgan fingerprint density at radius 2 is 1.10 bits per heavy atom. The molecule has 6 heteroatoms. The Hall–Kier alpha value is -5.97. The van der Waals surface area contributed by atoms with Gasteiger partial charge in [-0.2, -0.15) is 0 Å². The molecular weight excluding hydrogens is 770 g/mol. The Kier molecular flexibility index (Phi) is 7.06. The maximum Gasteiger partial charge on any atom is 0.329 e. The van der Waals surface area contributed by atoms with E-state index in [1.165, 1.54) is 98.4 Å². The van der Waals surface area contributed by atoms with Crippen LogP contribution in [0.3, 0.4) is 0 Å². The fraction of sp³-hybridized carbons (Fsp3) is 0.214. The van der Waals surface area contributed by atoms with Crippen LogP contribution in [0.1, 0.15) is 79.0 Å². The van der Waals surface area contributed by atoms with E-state index in [2.05, 4.69) is 199 Å². The summed E-state index contributed by atoms with van der Waals surface area (Å²) in [4.78, 5) is 5.39. The molecular formula is C56H48B2N2OS. The summed E-state index contributed by atoms with van der Waals surface area (Å²) >= 11 is 1.98. The number of para-hydroxylation sites is 1. The molecule has 0 saturated heterocycles. The number of fused-ring (bicyclic) bond motifs is 14. The van der Waals surface area contributed by atoms with E-state index in [0.29, 0.717) is 0 Å². The van der Waals surface area contributed by atoms with Gasteiger partial charge in [0.25, 0.3) is 6.71 Å². The molecule has 6 heterocycles. The quantitative estimate of drug-likeness (QED) is 0.154. The predicted molar refractivity (Wildman–Crippen MR) is 269 cm³/mol. The molecule has 0 spiro atoms. The summed E-state index contributed by atoms with van der Waals surface area (Å²) in [5, 5.41) is 3.59. The highest BCUT2D eigenvalue weighted by Gasteiger charge is 2.53. The average Bonchev–Trinajstić information content (AvgIpc) is 3.81. The van der Waals surface area contributed by atoms with Crippen molar-refractivity contribution >= 4 is 112 Å². The second-order valence-corrected chi connectivity index (χ2v) is 22.4. The minimum atomic E-state index is -0.0549. The van der Waals surface area contributed by atoms with E-state index in [-0.39, 0.29) is 29.8 Å². The summed E-state index contributed by atoms with van der Waals surface area (Å²) in [6, 6.07) is 49.2. The van der Waals surface area contributed by atoms with Crippen molar-refractivity contribution < 1.29 is 4.42 Å². The topological polar surface area (TPSA) is 19.6 Å². The smallest absolute Gasteiger partial charge is 0.329 e. The standard InChI is InChI=1S/C56H48B2N2OS/c1-54(2,3)31-18-21-35-39-24-25-45-49-51(39)60-50-41(36-22-19-32(55(4,5)6)28-43(36)58(60)42(35)27-31)26-33(56(7,8)9)29-44(50)57(49)53-52(40-15-11-13-17-48(40)62-53)59(45)34-20-23-38-37-14-10-12-16-46(37)61-47(38)30-34/h10-30H,1-9H3. The van der Waals surface area contributed by atoms with Gasteiger partial charge in [0, 0.05) is 65.6 Å². The van der Waals surface area contributed by atoms with Crippen LogP contribution in [0.15, 0.2) is 132 Å². The van der Waals surface area contributed by atoms with Crippen LogP contribution in [-0.4, -0.2) is 13.6 Å². The van der Waals surface area contributed by atoms with Crippen molar-refractivity contribution in [3.05, 3.63) is 144 Å². The van der Waals surface area contributed by atoms with Crippen molar-refractivity contribution in [3.8, 4) is 22.3 Å². The van der Waals surface area contributed by atoms with Gasteiger partial charge >= 0.3 is 6.85 Å². The van der Waals surface area contributed by atoms with Crippen LogP contribution < -0.4 is 36.3 Å². The zero-order chi connectivity index (χ0) is 42.4. The number of rotatable bonds is 1. The molecule has 4 aliphatic rings. The second-order valence-electron chi connectivity index (χ2n) is 21.3. The Balaban J connectivity index is 1.19. The van der Waals surface area contributed by atoms with Gasteiger partial charge in [-0.1, -0.05) is 147 Å². The van der Waals surface area contributed by atoms with Crippen LogP contribution in [-0.2, 0) is 16.2 Å². The lowest BCUT2D eigenvalue weighted by molar-refractivity contribution is 0.590. The van der Waals surface area contributed by atoms with E-state index in [0.717, 1.165) is 27.6 Å². The van der Waals surface area contributed by atoms with Crippen LogP contribution in [0.2, 0.25) is 0 Å².